The summed E-state index contributed by atoms with van der Waals surface area (Å²) in [6.45, 7) is 4.62. The molecule has 1 fully saturated rings. The molecule has 0 aromatic carbocycles. The van der Waals surface area contributed by atoms with E-state index in [0.717, 1.165) is 17.9 Å². The predicted molar refractivity (Wildman–Crippen MR) is 133 cm³/mol. The van der Waals surface area contributed by atoms with E-state index in [0.29, 0.717) is 0 Å². The van der Waals surface area contributed by atoms with Crippen molar-refractivity contribution < 1.29 is 0 Å². The molecule has 1 nitrogen and oxygen atoms in total. The fourth-order valence-electron chi connectivity index (χ4n) is 5.17. The lowest BCUT2D eigenvalue weighted by atomic mass is 9.99. The van der Waals surface area contributed by atoms with Gasteiger partial charge in [0.1, 0.15) is 0 Å². The smallest absolute Gasteiger partial charge is 0.00891 e. The summed E-state index contributed by atoms with van der Waals surface area (Å²) < 4.78 is 0. The zero-order valence-corrected chi connectivity index (χ0v) is 21.0. The molecule has 1 aliphatic carbocycles. The topological polar surface area (TPSA) is 3.24 Å². The standard InChI is InChI=1S/C28H57N/c1-5-7-9-11-14-17-21-26-25-27(26)22-18-15-12-16-20-24-28(29(3)4)23-19-13-10-8-6-2/h26-28H,5-25H2,1-4H3/t26-,27?,28?/m1/s1. The largest absolute Gasteiger partial charge is 0.306 e. The predicted octanol–water partition coefficient (Wildman–Crippen LogP) is 9.39. The fourth-order valence-corrected chi connectivity index (χ4v) is 5.17. The number of hydrogen-bond donors (Lipinski definition) is 0. The Morgan fingerprint density at radius 1 is 0.552 bits per heavy atom. The molecule has 0 aromatic rings. The zero-order chi connectivity index (χ0) is 21.2. The Hall–Kier alpha value is -0.0400. The van der Waals surface area contributed by atoms with Crippen LogP contribution >= 0.6 is 0 Å². The summed E-state index contributed by atoms with van der Waals surface area (Å²) in [4.78, 5) is 2.48. The lowest BCUT2D eigenvalue weighted by molar-refractivity contribution is 0.251. The van der Waals surface area contributed by atoms with Gasteiger partial charge in [0.2, 0.25) is 0 Å². The van der Waals surface area contributed by atoms with Crippen LogP contribution in [0.15, 0.2) is 0 Å². The summed E-state index contributed by atoms with van der Waals surface area (Å²) in [5.74, 6) is 2.25. The molecule has 1 heteroatoms. The Bertz CT molecular complexity index is 337. The summed E-state index contributed by atoms with van der Waals surface area (Å²) in [5, 5.41) is 0. The highest BCUT2D eigenvalue weighted by Gasteiger charge is 2.34. The average Bonchev–Trinajstić information content (AvgIpc) is 3.46. The molecular formula is C28H57N. The summed E-state index contributed by atoms with van der Waals surface area (Å²) in [7, 11) is 4.57. The molecule has 3 atom stereocenters. The molecule has 174 valence electrons. The van der Waals surface area contributed by atoms with Crippen molar-refractivity contribution in [1.29, 1.82) is 0 Å². The third-order valence-electron chi connectivity index (χ3n) is 7.48. The van der Waals surface area contributed by atoms with Crippen LogP contribution in [-0.2, 0) is 0 Å². The van der Waals surface area contributed by atoms with Gasteiger partial charge in [-0.3, -0.25) is 0 Å². The van der Waals surface area contributed by atoms with Gasteiger partial charge in [-0.2, -0.15) is 0 Å². The number of rotatable bonds is 22. The molecule has 0 spiro atoms. The third kappa shape index (κ3) is 15.4. The van der Waals surface area contributed by atoms with Crippen molar-refractivity contribution in [3.05, 3.63) is 0 Å². The maximum absolute atomic E-state index is 2.48. The summed E-state index contributed by atoms with van der Waals surface area (Å²) in [5.41, 5.74) is 0. The molecule has 0 amide bonds. The highest BCUT2D eigenvalue weighted by molar-refractivity contribution is 4.85. The van der Waals surface area contributed by atoms with Crippen molar-refractivity contribution in [2.45, 2.75) is 155 Å². The van der Waals surface area contributed by atoms with Gasteiger partial charge in [0.15, 0.2) is 0 Å². The maximum Gasteiger partial charge on any atom is 0.00891 e. The molecule has 0 N–H and O–H groups in total. The van der Waals surface area contributed by atoms with Crippen molar-refractivity contribution in [1.82, 2.24) is 4.90 Å². The maximum atomic E-state index is 2.48. The Labute approximate surface area is 185 Å². The van der Waals surface area contributed by atoms with Crippen LogP contribution in [0.1, 0.15) is 149 Å². The lowest BCUT2D eigenvalue weighted by Crippen LogP contribution is -2.27. The fraction of sp³-hybridized carbons (Fsp3) is 1.00. The molecule has 0 aliphatic heterocycles. The quantitative estimate of drug-likeness (QED) is 0.161. The average molecular weight is 408 g/mol. The Morgan fingerprint density at radius 2 is 0.931 bits per heavy atom. The molecule has 1 saturated carbocycles. The van der Waals surface area contributed by atoms with Crippen molar-refractivity contribution in [3.8, 4) is 0 Å². The van der Waals surface area contributed by atoms with Crippen LogP contribution in [0.5, 0.6) is 0 Å². The second-order valence-corrected chi connectivity index (χ2v) is 10.5. The van der Waals surface area contributed by atoms with Gasteiger partial charge in [-0.15, -0.1) is 0 Å². The monoisotopic (exact) mass is 407 g/mol. The number of unbranched alkanes of at least 4 members (excludes halogenated alkanes) is 13. The third-order valence-corrected chi connectivity index (χ3v) is 7.48. The Kier molecular flexibility index (Phi) is 17.4. The highest BCUT2D eigenvalue weighted by atomic mass is 15.1. The number of hydrogen-bond acceptors (Lipinski definition) is 1. The van der Waals surface area contributed by atoms with Gasteiger partial charge in [0, 0.05) is 6.04 Å². The first-order chi connectivity index (χ1) is 14.2. The number of nitrogens with zero attached hydrogens (tertiary/aromatic N) is 1. The molecule has 0 radical (unpaired) electrons. The van der Waals surface area contributed by atoms with Crippen LogP contribution in [0.2, 0.25) is 0 Å². The summed E-state index contributed by atoms with van der Waals surface area (Å²) >= 11 is 0. The van der Waals surface area contributed by atoms with Gasteiger partial charge in [-0.05, 0) is 45.2 Å². The lowest BCUT2D eigenvalue weighted by Gasteiger charge is -2.24. The molecule has 0 bridgehead atoms. The molecule has 0 saturated heterocycles. The second kappa shape index (κ2) is 18.7. The first-order valence-corrected chi connectivity index (χ1v) is 13.8. The van der Waals surface area contributed by atoms with Gasteiger partial charge in [-0.25, -0.2) is 0 Å². The minimum Gasteiger partial charge on any atom is -0.306 e. The van der Waals surface area contributed by atoms with E-state index in [1.165, 1.54) is 116 Å². The van der Waals surface area contributed by atoms with E-state index in [2.05, 4.69) is 32.8 Å². The van der Waals surface area contributed by atoms with Crippen molar-refractivity contribution in [3.63, 3.8) is 0 Å². The van der Waals surface area contributed by atoms with Crippen LogP contribution in [0, 0.1) is 11.8 Å². The van der Waals surface area contributed by atoms with Crippen molar-refractivity contribution >= 4 is 0 Å². The van der Waals surface area contributed by atoms with E-state index in [1.54, 1.807) is 19.3 Å². The normalized spacial score (nSPS) is 19.8. The van der Waals surface area contributed by atoms with E-state index >= 15 is 0 Å². The van der Waals surface area contributed by atoms with Gasteiger partial charge in [0.25, 0.3) is 0 Å². The first-order valence-electron chi connectivity index (χ1n) is 13.8. The van der Waals surface area contributed by atoms with Gasteiger partial charge >= 0.3 is 0 Å². The minimum atomic E-state index is 0.825. The minimum absolute atomic E-state index is 0.825. The van der Waals surface area contributed by atoms with Gasteiger partial charge < -0.3 is 4.90 Å². The van der Waals surface area contributed by atoms with Crippen molar-refractivity contribution in [2.75, 3.05) is 14.1 Å². The second-order valence-electron chi connectivity index (χ2n) is 10.5. The molecule has 1 rings (SSSR count). The van der Waals surface area contributed by atoms with Gasteiger partial charge in [0.05, 0.1) is 0 Å². The highest BCUT2D eigenvalue weighted by Crippen LogP contribution is 2.45. The zero-order valence-electron chi connectivity index (χ0n) is 21.0. The van der Waals surface area contributed by atoms with Crippen LogP contribution in [0.3, 0.4) is 0 Å². The molecule has 0 heterocycles. The SMILES string of the molecule is CCCCCCCC[C@@H]1CC1CCCCCCCC(CCCCCCC)N(C)C. The van der Waals surface area contributed by atoms with E-state index in [9.17, 15) is 0 Å². The van der Waals surface area contributed by atoms with Gasteiger partial charge in [-0.1, -0.05) is 129 Å². The van der Waals surface area contributed by atoms with Crippen molar-refractivity contribution in [2.24, 2.45) is 11.8 Å². The Morgan fingerprint density at radius 3 is 1.34 bits per heavy atom. The molecule has 2 unspecified atom stereocenters. The van der Waals surface area contributed by atoms with E-state index in [-0.39, 0.29) is 0 Å². The molecule has 1 aliphatic rings. The van der Waals surface area contributed by atoms with Crippen LogP contribution in [-0.4, -0.2) is 25.0 Å². The molecular weight excluding hydrogens is 350 g/mol. The molecule has 0 aromatic heterocycles. The van der Waals surface area contributed by atoms with E-state index in [1.807, 2.05) is 0 Å². The summed E-state index contributed by atoms with van der Waals surface area (Å²) in [6.07, 6.45) is 30.8. The van der Waals surface area contributed by atoms with E-state index < -0.39 is 0 Å². The first kappa shape index (κ1) is 27.0. The summed E-state index contributed by atoms with van der Waals surface area (Å²) in [6, 6.07) is 0.825. The Balaban J connectivity index is 1.87. The molecule has 29 heavy (non-hydrogen) atoms. The van der Waals surface area contributed by atoms with E-state index in [4.69, 9.17) is 0 Å². The van der Waals surface area contributed by atoms with Crippen LogP contribution in [0.4, 0.5) is 0 Å². The van der Waals surface area contributed by atoms with Crippen LogP contribution < -0.4 is 0 Å². The van der Waals surface area contributed by atoms with Crippen LogP contribution in [0.25, 0.3) is 0 Å².